The van der Waals surface area contributed by atoms with Crippen molar-refractivity contribution in [1.82, 2.24) is 24.1 Å². The minimum atomic E-state index is 0.295. The number of benzene rings is 6. The predicted molar refractivity (Wildman–Crippen MR) is 211 cm³/mol. The normalized spacial score (nSPS) is 16.1. The van der Waals surface area contributed by atoms with E-state index in [0.717, 1.165) is 33.9 Å². The van der Waals surface area contributed by atoms with Crippen LogP contribution in [0.3, 0.4) is 0 Å². The van der Waals surface area contributed by atoms with Crippen LogP contribution in [0.1, 0.15) is 28.5 Å². The van der Waals surface area contributed by atoms with Crippen molar-refractivity contribution >= 4 is 38.4 Å². The Morgan fingerprint density at radius 2 is 1.21 bits per heavy atom. The molecular weight excluding hydrogens is 635 g/mol. The van der Waals surface area contributed by atoms with Gasteiger partial charge in [-0.1, -0.05) is 103 Å². The zero-order valence-electron chi connectivity index (χ0n) is 28.1. The fourth-order valence-electron chi connectivity index (χ4n) is 8.57. The molecule has 11 rings (SSSR count). The Morgan fingerprint density at radius 3 is 2.00 bits per heavy atom. The van der Waals surface area contributed by atoms with Crippen molar-refractivity contribution in [3.8, 4) is 34.0 Å². The molecule has 52 heavy (non-hydrogen) atoms. The second-order valence-corrected chi connectivity index (χ2v) is 13.7. The Balaban J connectivity index is 1.01. The Labute approximate surface area is 300 Å². The summed E-state index contributed by atoms with van der Waals surface area (Å²) >= 11 is 0. The molecule has 0 saturated carbocycles. The van der Waals surface area contributed by atoms with Crippen LogP contribution in [0.15, 0.2) is 176 Å². The first-order chi connectivity index (χ1) is 25.8. The third-order valence-corrected chi connectivity index (χ3v) is 10.9. The average molecular weight is 666 g/mol. The average Bonchev–Trinajstić information content (AvgIpc) is 3.77. The molecule has 244 valence electrons. The van der Waals surface area contributed by atoms with Gasteiger partial charge in [-0.15, -0.1) is 0 Å². The second-order valence-electron chi connectivity index (χ2n) is 13.7. The first-order valence-electron chi connectivity index (χ1n) is 17.8. The van der Waals surface area contributed by atoms with Crippen molar-refractivity contribution in [3.63, 3.8) is 0 Å². The quantitative estimate of drug-likeness (QED) is 0.188. The number of hydrogen-bond donors (Lipinski definition) is 0. The van der Waals surface area contributed by atoms with Gasteiger partial charge in [0, 0.05) is 46.4 Å². The highest BCUT2D eigenvalue weighted by Gasteiger charge is 2.32. The Bertz CT molecular complexity index is 2910. The molecule has 3 aromatic heterocycles. The Kier molecular flexibility index (Phi) is 6.31. The highest BCUT2D eigenvalue weighted by atomic mass is 15.1. The van der Waals surface area contributed by atoms with E-state index in [1.165, 1.54) is 55.2 Å². The summed E-state index contributed by atoms with van der Waals surface area (Å²) in [5.74, 6) is 1.40. The van der Waals surface area contributed by atoms with Gasteiger partial charge in [0.15, 0.2) is 5.82 Å². The number of fused-ring (bicyclic) bond motifs is 10. The van der Waals surface area contributed by atoms with E-state index in [9.17, 15) is 0 Å². The minimum absolute atomic E-state index is 0.295. The van der Waals surface area contributed by atoms with E-state index in [1.807, 2.05) is 18.2 Å². The Morgan fingerprint density at radius 1 is 0.538 bits per heavy atom. The third kappa shape index (κ3) is 4.32. The molecule has 0 spiro atoms. The SMILES string of the molecule is C1=CC2c3ccccc3-c3ccccc3C2C=C1c1ccc2c(c1)c1ccccc1n2-c1ccc(-n2c(-c3cnccn3)nc3ccccc32)cc1. The van der Waals surface area contributed by atoms with Crippen LogP contribution in [-0.2, 0) is 0 Å². The molecule has 0 N–H and O–H groups in total. The smallest absolute Gasteiger partial charge is 0.166 e. The first-order valence-corrected chi connectivity index (χ1v) is 17.8. The van der Waals surface area contributed by atoms with E-state index in [2.05, 4.69) is 159 Å². The lowest BCUT2D eigenvalue weighted by molar-refractivity contribution is 0.722. The topological polar surface area (TPSA) is 48.5 Å². The van der Waals surface area contributed by atoms with Gasteiger partial charge in [-0.05, 0) is 88.0 Å². The van der Waals surface area contributed by atoms with Crippen molar-refractivity contribution in [2.75, 3.05) is 0 Å². The fraction of sp³-hybridized carbons (Fsp3) is 0.0426. The maximum atomic E-state index is 4.95. The van der Waals surface area contributed by atoms with Gasteiger partial charge < -0.3 is 4.57 Å². The van der Waals surface area contributed by atoms with Crippen molar-refractivity contribution in [1.29, 1.82) is 0 Å². The molecule has 0 amide bonds. The molecule has 0 radical (unpaired) electrons. The van der Waals surface area contributed by atoms with Gasteiger partial charge >= 0.3 is 0 Å². The first kappa shape index (κ1) is 28.9. The van der Waals surface area contributed by atoms with E-state index >= 15 is 0 Å². The molecule has 2 atom stereocenters. The van der Waals surface area contributed by atoms with Crippen molar-refractivity contribution in [3.05, 3.63) is 193 Å². The largest absolute Gasteiger partial charge is 0.309 e. The second kappa shape index (κ2) is 11.3. The standard InChI is InChI=1S/C47H31N5/c1-2-11-36-34(9-1)35-10-3-4-12-37(35)40-27-30(17-23-38(36)40)31-18-24-45-41(28-31)39-13-5-7-15-44(39)51(45)32-19-21-33(22-20-32)52-46-16-8-6-14-42(46)50-47(52)43-29-48-25-26-49-43/h1-29,38,40H. The van der Waals surface area contributed by atoms with E-state index < -0.39 is 0 Å². The molecule has 2 aliphatic carbocycles. The number of allylic oxidation sites excluding steroid dienone is 4. The summed E-state index contributed by atoms with van der Waals surface area (Å²) in [5.41, 5.74) is 15.2. The van der Waals surface area contributed by atoms with Gasteiger partial charge in [-0.3, -0.25) is 9.55 Å². The molecule has 0 saturated heterocycles. The molecule has 6 aromatic carbocycles. The molecule has 0 fully saturated rings. The number of nitrogens with zero attached hydrogens (tertiary/aromatic N) is 5. The molecule has 2 aliphatic rings. The molecular formula is C47H31N5. The zero-order chi connectivity index (χ0) is 34.2. The van der Waals surface area contributed by atoms with Crippen LogP contribution in [0.2, 0.25) is 0 Å². The lowest BCUT2D eigenvalue weighted by Crippen LogP contribution is -2.17. The molecule has 9 aromatic rings. The number of imidazole rings is 1. The van der Waals surface area contributed by atoms with Crippen LogP contribution in [0.4, 0.5) is 0 Å². The summed E-state index contributed by atoms with van der Waals surface area (Å²) in [7, 11) is 0. The van der Waals surface area contributed by atoms with Gasteiger partial charge in [0.05, 0.1) is 28.3 Å². The van der Waals surface area contributed by atoms with Crippen molar-refractivity contribution in [2.24, 2.45) is 0 Å². The van der Waals surface area contributed by atoms with Crippen molar-refractivity contribution < 1.29 is 0 Å². The van der Waals surface area contributed by atoms with E-state index in [0.29, 0.717) is 11.8 Å². The number of hydrogen-bond acceptors (Lipinski definition) is 3. The molecule has 5 nitrogen and oxygen atoms in total. The molecule has 5 heteroatoms. The summed E-state index contributed by atoms with van der Waals surface area (Å²) in [4.78, 5) is 13.8. The third-order valence-electron chi connectivity index (χ3n) is 10.9. The summed E-state index contributed by atoms with van der Waals surface area (Å²) < 4.78 is 4.55. The molecule has 2 unspecified atom stereocenters. The highest BCUT2D eigenvalue weighted by molar-refractivity contribution is 6.10. The zero-order valence-corrected chi connectivity index (χ0v) is 28.1. The van der Waals surface area contributed by atoms with Crippen LogP contribution in [0, 0.1) is 0 Å². The van der Waals surface area contributed by atoms with E-state index in [4.69, 9.17) is 4.98 Å². The molecule has 0 bridgehead atoms. The predicted octanol–water partition coefficient (Wildman–Crippen LogP) is 11.1. The van der Waals surface area contributed by atoms with E-state index in [-0.39, 0.29) is 0 Å². The molecule has 3 heterocycles. The van der Waals surface area contributed by atoms with Gasteiger partial charge in [0.1, 0.15) is 5.69 Å². The van der Waals surface area contributed by atoms with Crippen LogP contribution >= 0.6 is 0 Å². The summed E-state index contributed by atoms with van der Waals surface area (Å²) in [6, 6.07) is 50.5. The summed E-state index contributed by atoms with van der Waals surface area (Å²) in [5, 5.41) is 2.48. The Hall–Kier alpha value is -6.85. The number of para-hydroxylation sites is 3. The summed E-state index contributed by atoms with van der Waals surface area (Å²) in [6.07, 6.45) is 12.4. The lowest BCUT2D eigenvalue weighted by atomic mass is 9.69. The monoisotopic (exact) mass is 665 g/mol. The van der Waals surface area contributed by atoms with Crippen LogP contribution < -0.4 is 0 Å². The lowest BCUT2D eigenvalue weighted by Gasteiger charge is -2.35. The maximum Gasteiger partial charge on any atom is 0.166 e. The van der Waals surface area contributed by atoms with Crippen LogP contribution in [0.5, 0.6) is 0 Å². The number of aromatic nitrogens is 5. The molecule has 0 aliphatic heterocycles. The fourth-order valence-corrected chi connectivity index (χ4v) is 8.57. The van der Waals surface area contributed by atoms with Crippen LogP contribution in [0.25, 0.3) is 72.4 Å². The van der Waals surface area contributed by atoms with Gasteiger partial charge in [-0.2, -0.15) is 0 Å². The number of rotatable bonds is 4. The van der Waals surface area contributed by atoms with Gasteiger partial charge in [0.2, 0.25) is 0 Å². The van der Waals surface area contributed by atoms with Crippen molar-refractivity contribution in [2.45, 2.75) is 11.8 Å². The highest BCUT2D eigenvalue weighted by Crippen LogP contribution is 2.51. The van der Waals surface area contributed by atoms with Crippen LogP contribution in [-0.4, -0.2) is 24.1 Å². The maximum absolute atomic E-state index is 4.95. The minimum Gasteiger partial charge on any atom is -0.309 e. The van der Waals surface area contributed by atoms with E-state index in [1.54, 1.807) is 18.6 Å². The van der Waals surface area contributed by atoms with Gasteiger partial charge in [0.25, 0.3) is 0 Å². The summed E-state index contributed by atoms with van der Waals surface area (Å²) in [6.45, 7) is 0. The van der Waals surface area contributed by atoms with Gasteiger partial charge in [-0.25, -0.2) is 9.97 Å².